The Kier molecular flexibility index (Phi) is 3.20. The molecule has 0 aromatic heterocycles. The molecule has 1 N–H and O–H groups in total. The van der Waals surface area contributed by atoms with Crippen LogP contribution in [0.5, 0.6) is 0 Å². The number of aromatic carboxylic acids is 1. The number of rotatable bonds is 2. The predicted octanol–water partition coefficient (Wildman–Crippen LogP) is 3.68. The summed E-state index contributed by atoms with van der Waals surface area (Å²) in [5, 5.41) is 10.9. The summed E-state index contributed by atoms with van der Waals surface area (Å²) in [7, 11) is 0. The van der Waals surface area contributed by atoms with Gasteiger partial charge in [-0.1, -0.05) is 29.8 Å². The van der Waals surface area contributed by atoms with Gasteiger partial charge < -0.3 is 5.11 Å². The lowest BCUT2D eigenvalue weighted by Crippen LogP contribution is -2.00. The maximum absolute atomic E-state index is 11.2. The van der Waals surface area contributed by atoms with E-state index < -0.39 is 27.2 Å². The Balaban J connectivity index is 2.91. The molecular weight excluding hydrogens is 342 g/mol. The van der Waals surface area contributed by atoms with E-state index in [0.717, 1.165) is 5.39 Å². The minimum Gasteiger partial charge on any atom is -0.478 e. The largest absolute Gasteiger partial charge is 0.478 e. The van der Waals surface area contributed by atoms with Crippen molar-refractivity contribution in [1.29, 1.82) is 0 Å². The first-order chi connectivity index (χ1) is 7.65. The average molecular weight is 349 g/mol. The van der Waals surface area contributed by atoms with Crippen LogP contribution < -0.4 is 0 Å². The Morgan fingerprint density at radius 1 is 1.19 bits per heavy atom. The zero-order valence-electron chi connectivity index (χ0n) is 7.91. The van der Waals surface area contributed by atoms with Gasteiger partial charge in [-0.15, -0.1) is 0 Å². The SMILES string of the molecule is O=Ic1c(C(=O)O)ccc2c(Cl)cccc12. The van der Waals surface area contributed by atoms with E-state index in [-0.39, 0.29) is 5.56 Å². The fourth-order valence-corrected chi connectivity index (χ4v) is 3.12. The molecule has 2 aromatic rings. The van der Waals surface area contributed by atoms with Crippen molar-refractivity contribution >= 4 is 49.5 Å². The van der Waals surface area contributed by atoms with Gasteiger partial charge in [0.25, 0.3) is 0 Å². The van der Waals surface area contributed by atoms with Crippen LogP contribution in [-0.2, 0) is 3.07 Å². The van der Waals surface area contributed by atoms with Crippen LogP contribution in [0, 0.1) is 3.57 Å². The summed E-state index contributed by atoms with van der Waals surface area (Å²) >= 11 is 4.43. The quantitative estimate of drug-likeness (QED) is 0.842. The number of hydrogen-bond acceptors (Lipinski definition) is 2. The first-order valence-corrected chi connectivity index (χ1v) is 6.70. The summed E-state index contributed by atoms with van der Waals surface area (Å²) in [5.74, 6) is -1.06. The molecule has 0 amide bonds. The monoisotopic (exact) mass is 348 g/mol. The Hall–Kier alpha value is -1.01. The average Bonchev–Trinajstić information content (AvgIpc) is 2.27. The van der Waals surface area contributed by atoms with Crippen molar-refractivity contribution < 1.29 is 13.0 Å². The zero-order chi connectivity index (χ0) is 11.7. The fraction of sp³-hybridized carbons (Fsp3) is 0. The smallest absolute Gasteiger partial charge is 0.336 e. The lowest BCUT2D eigenvalue weighted by atomic mass is 10.1. The van der Waals surface area contributed by atoms with E-state index in [1.54, 1.807) is 24.3 Å². The maximum Gasteiger partial charge on any atom is 0.336 e. The molecule has 2 aromatic carbocycles. The molecule has 0 heterocycles. The predicted molar refractivity (Wildman–Crippen MR) is 69.3 cm³/mol. The molecule has 0 saturated carbocycles. The standard InChI is InChI=1S/C11H6ClIO3/c12-9-3-1-2-7-6(9)4-5-8(11(14)15)10(7)13-16/h1-5H,(H,14,15). The third kappa shape index (κ3) is 1.82. The zero-order valence-corrected chi connectivity index (χ0v) is 10.8. The number of halogens is 2. The van der Waals surface area contributed by atoms with Gasteiger partial charge >= 0.3 is 5.97 Å². The molecule has 0 saturated heterocycles. The molecule has 0 unspecified atom stereocenters. The van der Waals surface area contributed by atoms with E-state index in [0.29, 0.717) is 14.0 Å². The number of benzene rings is 2. The van der Waals surface area contributed by atoms with Crippen LogP contribution >= 0.6 is 32.8 Å². The van der Waals surface area contributed by atoms with Crippen LogP contribution in [0.3, 0.4) is 0 Å². The number of hydrogen-bond donors (Lipinski definition) is 1. The van der Waals surface area contributed by atoms with Crippen LogP contribution in [-0.4, -0.2) is 11.1 Å². The minimum atomic E-state index is -1.55. The summed E-state index contributed by atoms with van der Waals surface area (Å²) in [6.45, 7) is 0. The highest BCUT2D eigenvalue weighted by Gasteiger charge is 2.14. The van der Waals surface area contributed by atoms with Crippen LogP contribution in [0.1, 0.15) is 10.4 Å². The van der Waals surface area contributed by atoms with Crippen LogP contribution in [0.2, 0.25) is 5.02 Å². The second-order valence-corrected chi connectivity index (χ2v) is 5.07. The molecule has 0 spiro atoms. The Bertz CT molecular complexity index is 595. The lowest BCUT2D eigenvalue weighted by molar-refractivity contribution is 0.0696. The Morgan fingerprint density at radius 2 is 1.94 bits per heavy atom. The van der Waals surface area contributed by atoms with E-state index in [1.165, 1.54) is 6.07 Å². The van der Waals surface area contributed by atoms with Crippen LogP contribution in [0.25, 0.3) is 10.8 Å². The molecule has 16 heavy (non-hydrogen) atoms. The van der Waals surface area contributed by atoms with Gasteiger partial charge in [-0.25, -0.2) is 4.79 Å². The van der Waals surface area contributed by atoms with E-state index >= 15 is 0 Å². The van der Waals surface area contributed by atoms with Crippen LogP contribution in [0.4, 0.5) is 0 Å². The summed E-state index contributed by atoms with van der Waals surface area (Å²) in [4.78, 5) is 11.0. The van der Waals surface area contributed by atoms with Crippen LogP contribution in [0.15, 0.2) is 30.3 Å². The first kappa shape index (κ1) is 11.5. The summed E-state index contributed by atoms with van der Waals surface area (Å²) in [6.07, 6.45) is 0. The molecule has 0 bridgehead atoms. The van der Waals surface area contributed by atoms with Crippen molar-refractivity contribution in [2.24, 2.45) is 0 Å². The molecule has 0 radical (unpaired) electrons. The number of fused-ring (bicyclic) bond motifs is 1. The Morgan fingerprint density at radius 3 is 2.56 bits per heavy atom. The van der Waals surface area contributed by atoms with Gasteiger partial charge in [-0.05, 0) is 12.1 Å². The number of carboxylic acids is 1. The second kappa shape index (κ2) is 4.47. The molecule has 0 aliphatic heterocycles. The molecule has 3 nitrogen and oxygen atoms in total. The highest BCUT2D eigenvalue weighted by atomic mass is 127. The van der Waals surface area contributed by atoms with Crippen molar-refractivity contribution in [2.75, 3.05) is 0 Å². The van der Waals surface area contributed by atoms with Crippen molar-refractivity contribution in [1.82, 2.24) is 0 Å². The summed E-state index contributed by atoms with van der Waals surface area (Å²) in [5.41, 5.74) is 0.0950. The van der Waals surface area contributed by atoms with Gasteiger partial charge in [-0.3, -0.25) is 3.07 Å². The topological polar surface area (TPSA) is 54.4 Å². The Labute approximate surface area is 107 Å². The normalized spacial score (nSPS) is 10.6. The van der Waals surface area contributed by atoms with Gasteiger partial charge in [0.1, 0.15) is 0 Å². The second-order valence-electron chi connectivity index (χ2n) is 3.14. The van der Waals surface area contributed by atoms with Crippen molar-refractivity contribution in [3.63, 3.8) is 0 Å². The molecule has 5 heteroatoms. The van der Waals surface area contributed by atoms with Crippen molar-refractivity contribution in [2.45, 2.75) is 0 Å². The maximum atomic E-state index is 11.2. The number of carboxylic acid groups (broad SMARTS) is 1. The van der Waals surface area contributed by atoms with Gasteiger partial charge in [0.15, 0.2) is 21.2 Å². The van der Waals surface area contributed by atoms with E-state index in [1.807, 2.05) is 0 Å². The first-order valence-electron chi connectivity index (χ1n) is 4.36. The highest BCUT2D eigenvalue weighted by molar-refractivity contribution is 14.1. The summed E-state index contributed by atoms with van der Waals surface area (Å²) < 4.78 is 11.6. The molecule has 0 fully saturated rings. The van der Waals surface area contributed by atoms with E-state index in [9.17, 15) is 7.86 Å². The van der Waals surface area contributed by atoms with Gasteiger partial charge in [0, 0.05) is 15.8 Å². The molecule has 0 atom stereocenters. The molecular formula is C11H6ClIO3. The van der Waals surface area contributed by atoms with Gasteiger partial charge in [0.05, 0.1) is 9.13 Å². The third-order valence-electron chi connectivity index (χ3n) is 2.25. The van der Waals surface area contributed by atoms with E-state index in [2.05, 4.69) is 0 Å². The lowest BCUT2D eigenvalue weighted by Gasteiger charge is -2.05. The van der Waals surface area contributed by atoms with Crippen molar-refractivity contribution in [3.05, 3.63) is 44.5 Å². The third-order valence-corrected chi connectivity index (χ3v) is 4.18. The van der Waals surface area contributed by atoms with Gasteiger partial charge in [0.2, 0.25) is 0 Å². The summed E-state index contributed by atoms with van der Waals surface area (Å²) in [6, 6.07) is 8.27. The molecule has 0 aliphatic rings. The van der Waals surface area contributed by atoms with E-state index in [4.69, 9.17) is 16.7 Å². The number of carbonyl (C=O) groups is 1. The molecule has 0 aliphatic carbocycles. The highest BCUT2D eigenvalue weighted by Crippen LogP contribution is 2.30. The minimum absolute atomic E-state index is 0.0950. The van der Waals surface area contributed by atoms with Gasteiger partial charge in [-0.2, -0.15) is 0 Å². The molecule has 82 valence electrons. The van der Waals surface area contributed by atoms with Crippen molar-refractivity contribution in [3.8, 4) is 0 Å². The molecule has 2 rings (SSSR count). The fourth-order valence-electron chi connectivity index (χ4n) is 1.53.